The highest BCUT2D eigenvalue weighted by Crippen LogP contribution is 2.40. The van der Waals surface area contributed by atoms with Gasteiger partial charge in [0, 0.05) is 26.2 Å². The summed E-state index contributed by atoms with van der Waals surface area (Å²) in [5.41, 5.74) is 0.639. The van der Waals surface area contributed by atoms with Crippen molar-refractivity contribution in [3.05, 3.63) is 29.6 Å². The highest BCUT2D eigenvalue weighted by Gasteiger charge is 2.36. The fourth-order valence-corrected chi connectivity index (χ4v) is 7.88. The number of fused-ring (bicyclic) bond motifs is 1. The summed E-state index contributed by atoms with van der Waals surface area (Å²) >= 11 is 2.57. The van der Waals surface area contributed by atoms with Crippen LogP contribution in [0.15, 0.2) is 33.9 Å². The molecule has 3 heterocycles. The zero-order valence-electron chi connectivity index (χ0n) is 20.3. The molecular formula is C23H30N4O5S3. The van der Waals surface area contributed by atoms with Crippen molar-refractivity contribution < 1.29 is 22.7 Å². The Labute approximate surface area is 213 Å². The largest absolute Gasteiger partial charge is 0.495 e. The lowest BCUT2D eigenvalue weighted by Crippen LogP contribution is -2.48. The third-order valence-electron chi connectivity index (χ3n) is 5.99. The summed E-state index contributed by atoms with van der Waals surface area (Å²) in [6, 6.07) is 6.95. The van der Waals surface area contributed by atoms with Crippen molar-refractivity contribution >= 4 is 54.0 Å². The standard InChI is InChI=1S/C23H30N4O5S3/c1-25(2)12-13-27(23-24-20-17(31-3)9-10-18(32-4)21(20)34-23)22(28)16-7-5-11-26(15-16)35(29,30)19-8-6-14-33-19/h6,8-10,14,16H,5,7,11-13,15H2,1-4H3. The van der Waals surface area contributed by atoms with Crippen LogP contribution in [-0.4, -0.2) is 83.0 Å². The first kappa shape index (κ1) is 25.8. The number of aromatic nitrogens is 1. The first-order valence-corrected chi connectivity index (χ1v) is 14.4. The topological polar surface area (TPSA) is 92.3 Å². The number of carbonyl (C=O) groups is 1. The van der Waals surface area contributed by atoms with Gasteiger partial charge in [0.25, 0.3) is 10.0 Å². The average molecular weight is 539 g/mol. The number of thiophene rings is 1. The van der Waals surface area contributed by atoms with E-state index in [4.69, 9.17) is 14.5 Å². The third-order valence-corrected chi connectivity index (χ3v) is 10.3. The molecule has 1 aliphatic rings. The predicted octanol–water partition coefficient (Wildman–Crippen LogP) is 3.37. The Morgan fingerprint density at radius 3 is 2.57 bits per heavy atom. The monoisotopic (exact) mass is 538 g/mol. The Bertz CT molecular complexity index is 1230. The summed E-state index contributed by atoms with van der Waals surface area (Å²) in [5, 5.41) is 2.30. The zero-order valence-corrected chi connectivity index (χ0v) is 22.7. The molecule has 0 aliphatic carbocycles. The smallest absolute Gasteiger partial charge is 0.252 e. The number of thiazole rings is 1. The lowest BCUT2D eigenvalue weighted by Gasteiger charge is -2.33. The van der Waals surface area contributed by atoms with E-state index in [1.54, 1.807) is 42.7 Å². The van der Waals surface area contributed by atoms with E-state index >= 15 is 0 Å². The maximum absolute atomic E-state index is 13.8. The van der Waals surface area contributed by atoms with Crippen LogP contribution in [0.4, 0.5) is 5.13 Å². The first-order chi connectivity index (χ1) is 16.8. The van der Waals surface area contributed by atoms with Crippen molar-refractivity contribution in [2.24, 2.45) is 5.92 Å². The van der Waals surface area contributed by atoms with E-state index in [0.717, 1.165) is 4.70 Å². The fraction of sp³-hybridized carbons (Fsp3) is 0.478. The summed E-state index contributed by atoms with van der Waals surface area (Å²) in [6.45, 7) is 1.65. The van der Waals surface area contributed by atoms with Gasteiger partial charge in [-0.25, -0.2) is 13.4 Å². The molecule has 9 nitrogen and oxygen atoms in total. The van der Waals surface area contributed by atoms with Crippen LogP contribution in [0.25, 0.3) is 10.2 Å². The molecule has 0 spiro atoms. The van der Waals surface area contributed by atoms with Gasteiger partial charge in [-0.3, -0.25) is 9.69 Å². The lowest BCUT2D eigenvalue weighted by molar-refractivity contribution is -0.123. The van der Waals surface area contributed by atoms with Gasteiger partial charge in [-0.2, -0.15) is 4.31 Å². The second-order valence-electron chi connectivity index (χ2n) is 8.57. The highest BCUT2D eigenvalue weighted by molar-refractivity contribution is 7.91. The van der Waals surface area contributed by atoms with E-state index in [0.29, 0.717) is 58.8 Å². The number of sulfonamides is 1. The SMILES string of the molecule is COc1ccc(OC)c2sc(N(CCN(C)C)C(=O)C3CCCN(S(=O)(=O)c4cccs4)C3)nc12. The molecule has 1 aromatic carbocycles. The van der Waals surface area contributed by atoms with Crippen molar-refractivity contribution in [3.8, 4) is 11.5 Å². The molecule has 35 heavy (non-hydrogen) atoms. The van der Waals surface area contributed by atoms with Crippen molar-refractivity contribution in [3.63, 3.8) is 0 Å². The number of piperidine rings is 1. The molecule has 1 unspecified atom stereocenters. The number of methoxy groups -OCH3 is 2. The van der Waals surface area contributed by atoms with Crippen LogP contribution < -0.4 is 14.4 Å². The fourth-order valence-electron chi connectivity index (χ4n) is 4.11. The second-order valence-corrected chi connectivity index (χ2v) is 12.7. The normalized spacial score (nSPS) is 17.1. The summed E-state index contributed by atoms with van der Waals surface area (Å²) in [7, 11) is 3.46. The Morgan fingerprint density at radius 1 is 1.17 bits per heavy atom. The molecule has 0 radical (unpaired) electrons. The molecule has 12 heteroatoms. The number of benzene rings is 1. The van der Waals surface area contributed by atoms with Crippen molar-refractivity contribution in [2.75, 3.05) is 59.4 Å². The van der Waals surface area contributed by atoms with Gasteiger partial charge >= 0.3 is 0 Å². The molecule has 1 atom stereocenters. The molecule has 1 aliphatic heterocycles. The van der Waals surface area contributed by atoms with Crippen LogP contribution in [0.3, 0.4) is 0 Å². The molecular weight excluding hydrogens is 508 g/mol. The molecule has 0 bridgehead atoms. The summed E-state index contributed by atoms with van der Waals surface area (Å²) in [6.07, 6.45) is 1.26. The number of likely N-dealkylation sites (N-methyl/N-ethyl adjacent to an activating group) is 1. The zero-order chi connectivity index (χ0) is 25.2. The minimum atomic E-state index is -3.61. The number of anilines is 1. The molecule has 2 aromatic heterocycles. The molecule has 3 aromatic rings. The quantitative estimate of drug-likeness (QED) is 0.412. The van der Waals surface area contributed by atoms with E-state index in [1.165, 1.54) is 27.0 Å². The molecule has 190 valence electrons. The van der Waals surface area contributed by atoms with Crippen LogP contribution in [-0.2, 0) is 14.8 Å². The summed E-state index contributed by atoms with van der Waals surface area (Å²) < 4.78 is 39.7. The lowest BCUT2D eigenvalue weighted by atomic mass is 9.98. The van der Waals surface area contributed by atoms with Gasteiger partial charge in [0.1, 0.15) is 25.9 Å². The molecule has 0 saturated carbocycles. The van der Waals surface area contributed by atoms with Crippen molar-refractivity contribution in [2.45, 2.75) is 17.1 Å². The number of rotatable bonds is 9. The van der Waals surface area contributed by atoms with Gasteiger partial charge in [0.05, 0.1) is 20.1 Å². The van der Waals surface area contributed by atoms with Gasteiger partial charge in [-0.05, 0) is 50.5 Å². The van der Waals surface area contributed by atoms with E-state index in [2.05, 4.69) is 0 Å². The Morgan fingerprint density at radius 2 is 1.91 bits per heavy atom. The minimum absolute atomic E-state index is 0.116. The van der Waals surface area contributed by atoms with Crippen LogP contribution >= 0.6 is 22.7 Å². The molecule has 0 N–H and O–H groups in total. The number of amides is 1. The first-order valence-electron chi connectivity index (χ1n) is 11.3. The molecule has 1 saturated heterocycles. The summed E-state index contributed by atoms with van der Waals surface area (Å²) in [4.78, 5) is 22.3. The highest BCUT2D eigenvalue weighted by atomic mass is 32.2. The molecule has 1 fully saturated rings. The number of carbonyl (C=O) groups excluding carboxylic acids is 1. The van der Waals surface area contributed by atoms with Gasteiger partial charge in [-0.15, -0.1) is 11.3 Å². The van der Waals surface area contributed by atoms with Gasteiger partial charge in [0.2, 0.25) is 5.91 Å². The van der Waals surface area contributed by atoms with Gasteiger partial charge in [0.15, 0.2) is 5.13 Å². The Balaban J connectivity index is 1.66. The van der Waals surface area contributed by atoms with Crippen LogP contribution in [0, 0.1) is 5.92 Å². The second kappa shape index (κ2) is 10.8. The maximum Gasteiger partial charge on any atom is 0.252 e. The molecule has 1 amide bonds. The maximum atomic E-state index is 13.8. The van der Waals surface area contributed by atoms with E-state index in [1.807, 2.05) is 25.1 Å². The third kappa shape index (κ3) is 5.31. The Hall–Kier alpha value is -2.25. The van der Waals surface area contributed by atoms with Crippen LogP contribution in [0.5, 0.6) is 11.5 Å². The van der Waals surface area contributed by atoms with E-state index in [-0.39, 0.29) is 12.5 Å². The van der Waals surface area contributed by atoms with Crippen molar-refractivity contribution in [1.29, 1.82) is 0 Å². The number of hydrogen-bond acceptors (Lipinski definition) is 9. The van der Waals surface area contributed by atoms with Crippen LogP contribution in [0.2, 0.25) is 0 Å². The van der Waals surface area contributed by atoms with Crippen LogP contribution in [0.1, 0.15) is 12.8 Å². The number of nitrogens with zero attached hydrogens (tertiary/aromatic N) is 4. The average Bonchev–Trinajstić information content (AvgIpc) is 3.54. The van der Waals surface area contributed by atoms with Gasteiger partial charge in [-0.1, -0.05) is 17.4 Å². The number of ether oxygens (including phenoxy) is 2. The Kier molecular flexibility index (Phi) is 7.96. The van der Waals surface area contributed by atoms with E-state index in [9.17, 15) is 13.2 Å². The summed E-state index contributed by atoms with van der Waals surface area (Å²) in [5.74, 6) is 0.705. The van der Waals surface area contributed by atoms with Gasteiger partial charge < -0.3 is 14.4 Å². The predicted molar refractivity (Wildman–Crippen MR) is 139 cm³/mol. The minimum Gasteiger partial charge on any atom is -0.495 e. The molecule has 4 rings (SSSR count). The van der Waals surface area contributed by atoms with E-state index < -0.39 is 15.9 Å². The number of hydrogen-bond donors (Lipinski definition) is 0. The van der Waals surface area contributed by atoms with Crippen molar-refractivity contribution in [1.82, 2.24) is 14.2 Å².